The number of benzene rings is 1. The standard InChI is InChI=1S/C43H57FN6O2/c1-7-18-47(19-8-2)28-33-11-20-49(21-12-33)42(51)35-25-30(4)41(38(44)27-35)34-13-22-48(23-14-34)32(6)29(3)26-37-31(5)45-17-10-40(37)50-24-15-39-36(43(50)52)9-16-46-39/h10,13,15,17,24-27,32-33,46H,7-9,11-12,14,16,18-23,28H2,1-6H3/b29-26+. The number of nitrogens with zero attached hydrogens (tertiary/aromatic N) is 5. The van der Waals surface area contributed by atoms with Crippen molar-refractivity contribution in [2.75, 3.05) is 57.7 Å². The molecule has 0 radical (unpaired) electrons. The van der Waals surface area contributed by atoms with Crippen molar-refractivity contribution in [3.05, 3.63) is 98.0 Å². The van der Waals surface area contributed by atoms with Gasteiger partial charge in [0.15, 0.2) is 0 Å². The topological polar surface area (TPSA) is 73.7 Å². The first-order valence-corrected chi connectivity index (χ1v) is 19.5. The average Bonchev–Trinajstić information content (AvgIpc) is 3.63. The number of halogens is 1. The van der Waals surface area contributed by atoms with Crippen LogP contribution < -0.4 is 10.9 Å². The Balaban J connectivity index is 1.11. The van der Waals surface area contributed by atoms with Crippen molar-refractivity contribution in [2.24, 2.45) is 5.92 Å². The highest BCUT2D eigenvalue weighted by Gasteiger charge is 2.27. The van der Waals surface area contributed by atoms with Crippen LogP contribution in [0.4, 0.5) is 10.1 Å². The van der Waals surface area contributed by atoms with Gasteiger partial charge < -0.3 is 15.1 Å². The van der Waals surface area contributed by atoms with Crippen molar-refractivity contribution in [1.29, 1.82) is 0 Å². The molecule has 1 aromatic carbocycles. The highest BCUT2D eigenvalue weighted by atomic mass is 19.1. The summed E-state index contributed by atoms with van der Waals surface area (Å²) >= 11 is 0. The summed E-state index contributed by atoms with van der Waals surface area (Å²) in [5.41, 5.74) is 8.47. The first kappa shape index (κ1) is 37.7. The molecule has 52 heavy (non-hydrogen) atoms. The maximum atomic E-state index is 15.8. The number of pyridine rings is 2. The van der Waals surface area contributed by atoms with Gasteiger partial charge in [0.2, 0.25) is 0 Å². The largest absolute Gasteiger partial charge is 0.384 e. The molecule has 0 bridgehead atoms. The molecule has 1 unspecified atom stereocenters. The van der Waals surface area contributed by atoms with E-state index in [4.69, 9.17) is 0 Å². The second-order valence-electron chi connectivity index (χ2n) is 15.1. The lowest BCUT2D eigenvalue weighted by molar-refractivity contribution is 0.0666. The molecule has 1 N–H and O–H groups in total. The van der Waals surface area contributed by atoms with Gasteiger partial charge >= 0.3 is 0 Å². The van der Waals surface area contributed by atoms with E-state index in [0.29, 0.717) is 23.6 Å². The van der Waals surface area contributed by atoms with Gasteiger partial charge in [0, 0.05) is 91.3 Å². The van der Waals surface area contributed by atoms with E-state index in [9.17, 15) is 9.59 Å². The average molecular weight is 709 g/mol. The van der Waals surface area contributed by atoms with E-state index in [1.807, 2.05) is 43.1 Å². The second kappa shape index (κ2) is 16.7. The predicted octanol–water partition coefficient (Wildman–Crippen LogP) is 7.51. The van der Waals surface area contributed by atoms with Crippen molar-refractivity contribution in [3.63, 3.8) is 0 Å². The number of hydrogen-bond donors (Lipinski definition) is 1. The third-order valence-corrected chi connectivity index (χ3v) is 11.5. The highest BCUT2D eigenvalue weighted by molar-refractivity contribution is 5.95. The summed E-state index contributed by atoms with van der Waals surface area (Å²) in [7, 11) is 0. The molecule has 0 saturated carbocycles. The summed E-state index contributed by atoms with van der Waals surface area (Å²) in [6, 6.07) is 7.37. The first-order chi connectivity index (χ1) is 25.1. The predicted molar refractivity (Wildman–Crippen MR) is 211 cm³/mol. The third kappa shape index (κ3) is 8.11. The number of rotatable bonds is 12. The van der Waals surface area contributed by atoms with Crippen LogP contribution in [-0.2, 0) is 6.42 Å². The Labute approximate surface area is 309 Å². The van der Waals surface area contributed by atoms with E-state index >= 15 is 4.39 Å². The number of likely N-dealkylation sites (tertiary alicyclic amines) is 1. The normalized spacial score (nSPS) is 17.7. The minimum atomic E-state index is -0.311. The molecule has 1 fully saturated rings. The minimum absolute atomic E-state index is 0.0128. The molecule has 3 aromatic rings. The monoisotopic (exact) mass is 708 g/mol. The molecule has 0 spiro atoms. The number of carbonyl (C=O) groups excluding carboxylic acids is 1. The Kier molecular flexibility index (Phi) is 12.1. The van der Waals surface area contributed by atoms with E-state index in [-0.39, 0.29) is 23.3 Å². The molecule has 1 saturated heterocycles. The fourth-order valence-corrected chi connectivity index (χ4v) is 8.42. The minimum Gasteiger partial charge on any atom is -0.384 e. The van der Waals surface area contributed by atoms with Crippen LogP contribution in [-0.4, -0.2) is 88.6 Å². The highest BCUT2D eigenvalue weighted by Crippen LogP contribution is 2.32. The molecular weight excluding hydrogens is 652 g/mol. The van der Waals surface area contributed by atoms with Gasteiger partial charge in [-0.05, 0) is 121 Å². The number of carbonyl (C=O) groups is 1. The van der Waals surface area contributed by atoms with Crippen molar-refractivity contribution < 1.29 is 9.18 Å². The van der Waals surface area contributed by atoms with Gasteiger partial charge in [-0.2, -0.15) is 0 Å². The molecule has 3 aliphatic heterocycles. The van der Waals surface area contributed by atoms with Gasteiger partial charge in [0.25, 0.3) is 11.5 Å². The zero-order chi connectivity index (χ0) is 36.9. The number of hydrogen-bond acceptors (Lipinski definition) is 6. The lowest BCUT2D eigenvalue weighted by Crippen LogP contribution is -2.42. The Morgan fingerprint density at radius 2 is 1.85 bits per heavy atom. The van der Waals surface area contributed by atoms with Gasteiger partial charge in [-0.1, -0.05) is 31.6 Å². The zero-order valence-electron chi connectivity index (χ0n) is 32.1. The maximum absolute atomic E-state index is 15.8. The molecule has 9 heteroatoms. The summed E-state index contributed by atoms with van der Waals surface area (Å²) < 4.78 is 17.6. The van der Waals surface area contributed by atoms with Crippen molar-refractivity contribution in [1.82, 2.24) is 24.3 Å². The molecule has 2 aromatic heterocycles. The Hall–Kier alpha value is -4.08. The van der Waals surface area contributed by atoms with Crippen LogP contribution in [0.1, 0.15) is 98.1 Å². The van der Waals surface area contributed by atoms with Crippen molar-refractivity contribution >= 4 is 23.2 Å². The molecule has 0 aliphatic carbocycles. The molecule has 278 valence electrons. The van der Waals surface area contributed by atoms with Crippen LogP contribution in [0, 0.1) is 25.6 Å². The van der Waals surface area contributed by atoms with Gasteiger partial charge in [-0.15, -0.1) is 0 Å². The van der Waals surface area contributed by atoms with Crippen LogP contribution in [0.2, 0.25) is 0 Å². The molecule has 3 aliphatic rings. The number of amides is 1. The van der Waals surface area contributed by atoms with Gasteiger partial charge in [-0.25, -0.2) is 4.39 Å². The molecule has 5 heterocycles. The summed E-state index contributed by atoms with van der Waals surface area (Å²) in [5.74, 6) is 0.239. The number of aromatic nitrogens is 2. The Bertz CT molecular complexity index is 1860. The third-order valence-electron chi connectivity index (χ3n) is 11.5. The summed E-state index contributed by atoms with van der Waals surface area (Å²) in [5, 5.41) is 3.29. The SMILES string of the molecule is CCCN(CCC)CC1CCN(C(=O)c2cc(C)c(C3=CCN(C(C)/C(C)=C/c4c(-n5ccc6c(c5=O)CCN6)ccnc4C)CC3)c(F)c2)CC1. The number of nitrogens with one attached hydrogen (secondary N) is 1. The molecule has 1 amide bonds. The number of fused-ring (bicyclic) bond motifs is 1. The molecule has 1 atom stereocenters. The zero-order valence-corrected chi connectivity index (χ0v) is 32.1. The molecular formula is C43H57FN6O2. The van der Waals surface area contributed by atoms with Crippen LogP contribution in [0.3, 0.4) is 0 Å². The van der Waals surface area contributed by atoms with Crippen LogP contribution in [0.15, 0.2) is 53.1 Å². The van der Waals surface area contributed by atoms with Gasteiger partial charge in [-0.3, -0.25) is 24.0 Å². The van der Waals surface area contributed by atoms with Crippen LogP contribution in [0.5, 0.6) is 0 Å². The number of aryl methyl sites for hydroxylation is 2. The fourth-order valence-electron chi connectivity index (χ4n) is 8.42. The number of piperidine rings is 1. The lowest BCUT2D eigenvalue weighted by atomic mass is 9.91. The first-order valence-electron chi connectivity index (χ1n) is 19.5. The molecule has 8 nitrogen and oxygen atoms in total. The van der Waals surface area contributed by atoms with E-state index < -0.39 is 0 Å². The van der Waals surface area contributed by atoms with E-state index in [2.05, 4.69) is 59.9 Å². The second-order valence-corrected chi connectivity index (χ2v) is 15.1. The summed E-state index contributed by atoms with van der Waals surface area (Å²) in [4.78, 5) is 38.4. The Morgan fingerprint density at radius 3 is 2.52 bits per heavy atom. The molecule has 6 rings (SSSR count). The van der Waals surface area contributed by atoms with Crippen LogP contribution in [0.25, 0.3) is 17.3 Å². The van der Waals surface area contributed by atoms with E-state index in [1.165, 1.54) is 11.6 Å². The fraction of sp³-hybridized carbons (Fsp3) is 0.512. The van der Waals surface area contributed by atoms with Gasteiger partial charge in [0.1, 0.15) is 5.82 Å². The van der Waals surface area contributed by atoms with E-state index in [1.54, 1.807) is 10.8 Å². The van der Waals surface area contributed by atoms with E-state index in [0.717, 1.165) is 124 Å². The van der Waals surface area contributed by atoms with Gasteiger partial charge in [0.05, 0.1) is 5.69 Å². The van der Waals surface area contributed by atoms with Crippen molar-refractivity contribution in [3.8, 4) is 5.69 Å². The maximum Gasteiger partial charge on any atom is 0.260 e. The Morgan fingerprint density at radius 1 is 1.10 bits per heavy atom. The van der Waals surface area contributed by atoms with Crippen LogP contribution >= 0.6 is 0 Å². The number of anilines is 1. The summed E-state index contributed by atoms with van der Waals surface area (Å²) in [6.45, 7) is 19.8. The van der Waals surface area contributed by atoms with Crippen molar-refractivity contribution in [2.45, 2.75) is 86.1 Å². The quantitative estimate of drug-likeness (QED) is 0.210. The lowest BCUT2D eigenvalue weighted by Gasteiger charge is -2.35. The summed E-state index contributed by atoms with van der Waals surface area (Å²) in [6.07, 6.45) is 13.7. The smallest absolute Gasteiger partial charge is 0.260 e.